The molecule has 1 aliphatic heterocycles. The summed E-state index contributed by atoms with van der Waals surface area (Å²) >= 11 is 0. The third-order valence-electron chi connectivity index (χ3n) is 6.27. The Morgan fingerprint density at radius 3 is 1.50 bits per heavy atom. The molecule has 0 radical (unpaired) electrons. The van der Waals surface area contributed by atoms with Gasteiger partial charge in [0, 0.05) is 30.8 Å². The van der Waals surface area contributed by atoms with Gasteiger partial charge in [-0.25, -0.2) is 0 Å². The topological polar surface area (TPSA) is 159 Å². The van der Waals surface area contributed by atoms with Crippen LogP contribution >= 0.6 is 0 Å². The number of Topliss-reactive ketones (excluding diaryl/α,β-unsaturated/α-hetero) is 1. The van der Waals surface area contributed by atoms with Crippen LogP contribution in [0, 0.1) is 32.1 Å². The number of piperidine rings is 1. The molecule has 4 atom stereocenters. The summed E-state index contributed by atoms with van der Waals surface area (Å²) in [5, 5.41) is 22.4. The van der Waals surface area contributed by atoms with Crippen LogP contribution in [-0.4, -0.2) is 52.2 Å². The lowest BCUT2D eigenvalue weighted by atomic mass is 9.72. The normalized spacial score (nSPS) is 21.4. The molecule has 0 saturated carbocycles. The quantitative estimate of drug-likeness (QED) is 0.147. The van der Waals surface area contributed by atoms with Gasteiger partial charge in [0.2, 0.25) is 0 Å². The van der Waals surface area contributed by atoms with Gasteiger partial charge in [-0.2, -0.15) is 0 Å². The number of non-ortho nitro benzene ring substituents is 2. The molecule has 0 amide bonds. The van der Waals surface area contributed by atoms with Crippen LogP contribution < -0.4 is 0 Å². The van der Waals surface area contributed by atoms with Crippen LogP contribution in [0.3, 0.4) is 0 Å². The molecule has 2 unspecified atom stereocenters. The monoisotopic (exact) mass is 525 g/mol. The number of ether oxygens (including phenoxy) is 2. The molecule has 0 aromatic heterocycles. The summed E-state index contributed by atoms with van der Waals surface area (Å²) in [4.78, 5) is 63.3. The van der Waals surface area contributed by atoms with Crippen LogP contribution in [0.25, 0.3) is 0 Å². The summed E-state index contributed by atoms with van der Waals surface area (Å²) in [6, 6.07) is 8.80. The summed E-state index contributed by atoms with van der Waals surface area (Å²) in [5.74, 6) is -5.37. The van der Waals surface area contributed by atoms with E-state index >= 15 is 0 Å². The summed E-state index contributed by atoms with van der Waals surface area (Å²) in [5.41, 5.74) is 0.432. The van der Waals surface area contributed by atoms with Gasteiger partial charge in [0.05, 0.1) is 35.1 Å². The van der Waals surface area contributed by atoms with E-state index in [-0.39, 0.29) is 31.1 Å². The van der Waals surface area contributed by atoms with E-state index in [1.165, 1.54) is 54.6 Å². The first-order chi connectivity index (χ1) is 18.2. The fraction of sp³-hybridized carbons (Fsp3) is 0.346. The minimum absolute atomic E-state index is 0.0209. The first-order valence-corrected chi connectivity index (χ1v) is 11.9. The van der Waals surface area contributed by atoms with Crippen molar-refractivity contribution in [3.63, 3.8) is 0 Å². The molecule has 0 aliphatic carbocycles. The van der Waals surface area contributed by atoms with E-state index in [0.717, 1.165) is 0 Å². The van der Waals surface area contributed by atoms with E-state index < -0.39 is 51.5 Å². The molecule has 1 aliphatic rings. The van der Waals surface area contributed by atoms with E-state index in [2.05, 4.69) is 6.58 Å². The molecule has 0 N–H and O–H groups in total. The maximum atomic E-state index is 14.0. The minimum Gasteiger partial charge on any atom is -0.465 e. The van der Waals surface area contributed by atoms with Crippen LogP contribution in [0.2, 0.25) is 0 Å². The summed E-state index contributed by atoms with van der Waals surface area (Å²) in [6.07, 6.45) is 1.52. The number of hydrogen-bond acceptors (Lipinski definition) is 10. The molecule has 1 heterocycles. The van der Waals surface area contributed by atoms with Gasteiger partial charge < -0.3 is 9.47 Å². The Bertz CT molecular complexity index is 1140. The summed E-state index contributed by atoms with van der Waals surface area (Å²) < 4.78 is 10.4. The van der Waals surface area contributed by atoms with E-state index in [1.54, 1.807) is 18.7 Å². The van der Waals surface area contributed by atoms with Gasteiger partial charge in [-0.3, -0.25) is 39.5 Å². The molecule has 3 rings (SSSR count). The number of likely N-dealkylation sites (tertiary alicyclic amines) is 1. The predicted molar refractivity (Wildman–Crippen MR) is 134 cm³/mol. The molecule has 0 spiro atoms. The Balaban J connectivity index is 2.27. The average molecular weight is 526 g/mol. The van der Waals surface area contributed by atoms with E-state index in [4.69, 9.17) is 9.47 Å². The lowest BCUT2D eigenvalue weighted by Gasteiger charge is -2.47. The van der Waals surface area contributed by atoms with Crippen molar-refractivity contribution in [2.75, 3.05) is 19.8 Å². The van der Waals surface area contributed by atoms with Crippen molar-refractivity contribution in [2.24, 2.45) is 11.8 Å². The second kappa shape index (κ2) is 12.2. The molecule has 200 valence electrons. The van der Waals surface area contributed by atoms with E-state index in [9.17, 15) is 34.6 Å². The third kappa shape index (κ3) is 5.59. The predicted octanol–water partition coefficient (Wildman–Crippen LogP) is 3.71. The molecule has 0 bridgehead atoms. The standard InChI is InChI=1S/C26H27N3O9/c1-4-15-27-22(16-7-11-18(12-8-16)28(33)34)20(25(31)37-5-2)24(30)21(26(32)38-6-3)23(27)17-9-13-19(14-10-17)29(35)36/h4,7-14,20-23H,1,5-6,15H2,2-3H3/t20?,21?,22-,23-/m0/s1. The molecular formula is C26H27N3O9. The van der Waals surface area contributed by atoms with Gasteiger partial charge in [0.25, 0.3) is 11.4 Å². The average Bonchev–Trinajstić information content (AvgIpc) is 2.89. The number of ketones is 1. The Hall–Kier alpha value is -4.45. The number of carbonyl (C=O) groups is 3. The lowest BCUT2D eigenvalue weighted by Crippen LogP contribution is -2.56. The maximum absolute atomic E-state index is 14.0. The fourth-order valence-electron chi connectivity index (χ4n) is 4.75. The van der Waals surface area contributed by atoms with Gasteiger partial charge in [0.1, 0.15) is 11.8 Å². The Labute approximate surface area is 218 Å². The number of rotatable bonds is 10. The number of nitro benzene ring substituents is 2. The number of nitrogens with zero attached hydrogens (tertiary/aromatic N) is 3. The highest BCUT2D eigenvalue weighted by molar-refractivity contribution is 6.10. The molecular weight excluding hydrogens is 498 g/mol. The Morgan fingerprint density at radius 1 is 0.842 bits per heavy atom. The van der Waals surface area contributed by atoms with Gasteiger partial charge in [0.15, 0.2) is 5.78 Å². The highest BCUT2D eigenvalue weighted by atomic mass is 16.6. The second-order valence-electron chi connectivity index (χ2n) is 8.43. The Morgan fingerprint density at radius 2 is 1.21 bits per heavy atom. The second-order valence-corrected chi connectivity index (χ2v) is 8.43. The zero-order valence-electron chi connectivity index (χ0n) is 20.8. The first-order valence-electron chi connectivity index (χ1n) is 11.9. The van der Waals surface area contributed by atoms with Crippen molar-refractivity contribution in [3.05, 3.63) is 92.5 Å². The maximum Gasteiger partial charge on any atom is 0.318 e. The Kier molecular flexibility index (Phi) is 9.02. The zero-order valence-corrected chi connectivity index (χ0v) is 20.8. The van der Waals surface area contributed by atoms with Crippen LogP contribution in [0.15, 0.2) is 61.2 Å². The largest absolute Gasteiger partial charge is 0.465 e. The van der Waals surface area contributed by atoms with Gasteiger partial charge in [-0.05, 0) is 25.0 Å². The molecule has 2 aromatic carbocycles. The number of benzene rings is 2. The number of esters is 2. The van der Waals surface area contributed by atoms with Crippen molar-refractivity contribution in [3.8, 4) is 0 Å². The smallest absolute Gasteiger partial charge is 0.318 e. The molecule has 12 nitrogen and oxygen atoms in total. The van der Waals surface area contributed by atoms with Crippen molar-refractivity contribution in [1.29, 1.82) is 0 Å². The van der Waals surface area contributed by atoms with Gasteiger partial charge in [-0.15, -0.1) is 6.58 Å². The molecule has 38 heavy (non-hydrogen) atoms. The molecule has 2 aromatic rings. The minimum atomic E-state index is -1.46. The molecule has 1 saturated heterocycles. The fourth-order valence-corrected chi connectivity index (χ4v) is 4.75. The van der Waals surface area contributed by atoms with Gasteiger partial charge in [-0.1, -0.05) is 30.3 Å². The van der Waals surface area contributed by atoms with Crippen LogP contribution in [0.5, 0.6) is 0 Å². The van der Waals surface area contributed by atoms with Crippen LogP contribution in [-0.2, 0) is 23.9 Å². The highest BCUT2D eigenvalue weighted by Gasteiger charge is 2.55. The van der Waals surface area contributed by atoms with Crippen molar-refractivity contribution in [2.45, 2.75) is 25.9 Å². The first kappa shape index (κ1) is 28.1. The van der Waals surface area contributed by atoms with Gasteiger partial charge >= 0.3 is 11.9 Å². The zero-order chi connectivity index (χ0) is 28.0. The number of carbonyl (C=O) groups excluding carboxylic acids is 3. The van der Waals surface area contributed by atoms with Crippen molar-refractivity contribution in [1.82, 2.24) is 4.90 Å². The lowest BCUT2D eigenvalue weighted by molar-refractivity contribution is -0.385. The SMILES string of the molecule is C=CCN1[C@@H](c2ccc([N+](=O)[O-])cc2)C(C(=O)OCC)C(=O)C(C(=O)OCC)[C@@H]1c1ccc([N+](=O)[O-])cc1. The van der Waals surface area contributed by atoms with Crippen molar-refractivity contribution < 1.29 is 33.7 Å². The third-order valence-corrected chi connectivity index (χ3v) is 6.27. The van der Waals surface area contributed by atoms with Crippen molar-refractivity contribution >= 4 is 29.1 Å². The number of nitro groups is 2. The highest BCUT2D eigenvalue weighted by Crippen LogP contribution is 2.47. The summed E-state index contributed by atoms with van der Waals surface area (Å²) in [6.45, 7) is 6.98. The summed E-state index contributed by atoms with van der Waals surface area (Å²) in [7, 11) is 0. The molecule has 12 heteroatoms. The molecule has 1 fully saturated rings. The van der Waals surface area contributed by atoms with E-state index in [0.29, 0.717) is 11.1 Å². The van der Waals surface area contributed by atoms with Crippen LogP contribution in [0.1, 0.15) is 37.1 Å². The van der Waals surface area contributed by atoms with E-state index in [1.807, 2.05) is 0 Å². The van der Waals surface area contributed by atoms with Crippen LogP contribution in [0.4, 0.5) is 11.4 Å². The number of hydrogen-bond donors (Lipinski definition) is 0.